The maximum absolute atomic E-state index is 9.59. The minimum absolute atomic E-state index is 0.168. The second kappa shape index (κ2) is 2.73. The Hall–Kier alpha value is -0.570. The summed E-state index contributed by atoms with van der Waals surface area (Å²) in [5.41, 5.74) is 7.68. The molecule has 1 aliphatic carbocycles. The zero-order chi connectivity index (χ0) is 8.72. The third kappa shape index (κ3) is 1.12. The summed E-state index contributed by atoms with van der Waals surface area (Å²) in [4.78, 5) is 0. The molecule has 3 N–H and O–H groups in total. The van der Waals surface area contributed by atoms with Gasteiger partial charge in [0, 0.05) is 11.1 Å². The van der Waals surface area contributed by atoms with E-state index in [9.17, 15) is 5.11 Å². The van der Waals surface area contributed by atoms with Crippen LogP contribution in [0, 0.1) is 0 Å². The van der Waals surface area contributed by atoms with E-state index in [1.165, 1.54) is 0 Å². The molecule has 2 atom stereocenters. The van der Waals surface area contributed by atoms with E-state index >= 15 is 0 Å². The van der Waals surface area contributed by atoms with Crippen molar-refractivity contribution in [2.45, 2.75) is 18.6 Å². The van der Waals surface area contributed by atoms with Crippen molar-refractivity contribution in [3.8, 4) is 0 Å². The monoisotopic (exact) mass is 183 g/mol. The average molecular weight is 184 g/mol. The van der Waals surface area contributed by atoms with E-state index in [1.54, 1.807) is 6.07 Å². The van der Waals surface area contributed by atoms with E-state index in [0.29, 0.717) is 5.02 Å². The molecule has 0 aromatic heterocycles. The van der Waals surface area contributed by atoms with E-state index in [1.807, 2.05) is 12.1 Å². The van der Waals surface area contributed by atoms with Gasteiger partial charge in [-0.05, 0) is 29.7 Å². The molecule has 0 heterocycles. The summed E-state index contributed by atoms with van der Waals surface area (Å²) >= 11 is 5.78. The van der Waals surface area contributed by atoms with Crippen molar-refractivity contribution in [2.75, 3.05) is 0 Å². The highest BCUT2D eigenvalue weighted by molar-refractivity contribution is 6.30. The number of benzene rings is 1. The fourth-order valence-corrected chi connectivity index (χ4v) is 1.80. The summed E-state index contributed by atoms with van der Waals surface area (Å²) in [6.07, 6.45) is 0.201. The largest absolute Gasteiger partial charge is 0.387 e. The number of fused-ring (bicyclic) bond motifs is 1. The molecule has 0 spiro atoms. The van der Waals surface area contributed by atoms with Crippen molar-refractivity contribution in [1.82, 2.24) is 0 Å². The first-order valence-electron chi connectivity index (χ1n) is 3.90. The predicted octanol–water partition coefficient (Wildman–Crippen LogP) is 1.26. The summed E-state index contributed by atoms with van der Waals surface area (Å²) in [5, 5.41) is 10.2. The third-order valence-corrected chi connectivity index (χ3v) is 2.52. The Balaban J connectivity index is 2.48. The Morgan fingerprint density at radius 1 is 1.50 bits per heavy atom. The van der Waals surface area contributed by atoms with E-state index in [4.69, 9.17) is 17.3 Å². The molecule has 2 rings (SSSR count). The van der Waals surface area contributed by atoms with Gasteiger partial charge in [-0.3, -0.25) is 0 Å². The molecule has 0 amide bonds. The zero-order valence-electron chi connectivity index (χ0n) is 6.50. The lowest BCUT2D eigenvalue weighted by Gasteiger charge is -2.07. The topological polar surface area (TPSA) is 46.2 Å². The zero-order valence-corrected chi connectivity index (χ0v) is 7.25. The molecule has 2 nitrogen and oxygen atoms in total. The van der Waals surface area contributed by atoms with Gasteiger partial charge in [-0.15, -0.1) is 0 Å². The summed E-state index contributed by atoms with van der Waals surface area (Å²) in [6.45, 7) is 0. The molecule has 1 aromatic rings. The number of aliphatic hydroxyl groups excluding tert-OH is 1. The Labute approximate surface area is 76.0 Å². The number of hydrogen-bond acceptors (Lipinski definition) is 2. The smallest absolute Gasteiger partial charge is 0.0947 e. The van der Waals surface area contributed by atoms with Crippen LogP contribution < -0.4 is 5.73 Å². The molecule has 0 fully saturated rings. The average Bonchev–Trinajstić information content (AvgIpc) is 2.31. The highest BCUT2D eigenvalue weighted by atomic mass is 35.5. The summed E-state index contributed by atoms with van der Waals surface area (Å²) in [5.74, 6) is 0. The minimum Gasteiger partial charge on any atom is -0.387 e. The highest BCUT2D eigenvalue weighted by Crippen LogP contribution is 2.31. The molecule has 1 aliphatic rings. The standard InChI is InChI=1S/C9H10ClNO/c10-6-2-1-5-3-8(11)9(12)7(5)4-6/h1-2,4,8-9,12H,3,11H2/t8-,9-/m0/s1. The van der Waals surface area contributed by atoms with Gasteiger partial charge >= 0.3 is 0 Å². The molecule has 3 heteroatoms. The molecule has 0 bridgehead atoms. The van der Waals surface area contributed by atoms with Crippen LogP contribution in [0.25, 0.3) is 0 Å². The van der Waals surface area contributed by atoms with E-state index in [2.05, 4.69) is 0 Å². The number of nitrogens with two attached hydrogens (primary N) is 1. The first-order chi connectivity index (χ1) is 5.68. The first-order valence-corrected chi connectivity index (χ1v) is 4.28. The van der Waals surface area contributed by atoms with Crippen LogP contribution in [0.5, 0.6) is 0 Å². The van der Waals surface area contributed by atoms with Crippen molar-refractivity contribution in [3.05, 3.63) is 34.3 Å². The minimum atomic E-state index is -0.543. The second-order valence-corrected chi connectivity index (χ2v) is 3.59. The molecule has 0 radical (unpaired) electrons. The Morgan fingerprint density at radius 2 is 2.25 bits per heavy atom. The summed E-state index contributed by atoms with van der Waals surface area (Å²) in [7, 11) is 0. The first kappa shape index (κ1) is 8.05. The van der Waals surface area contributed by atoms with Gasteiger partial charge in [-0.1, -0.05) is 17.7 Å². The quantitative estimate of drug-likeness (QED) is 0.636. The van der Waals surface area contributed by atoms with Gasteiger partial charge in [0.05, 0.1) is 6.10 Å². The fourth-order valence-electron chi connectivity index (χ4n) is 1.62. The maximum Gasteiger partial charge on any atom is 0.0947 e. The molecule has 0 saturated heterocycles. The number of hydrogen-bond donors (Lipinski definition) is 2. The van der Waals surface area contributed by atoms with Gasteiger partial charge < -0.3 is 10.8 Å². The van der Waals surface area contributed by atoms with Crippen LogP contribution in [-0.2, 0) is 6.42 Å². The van der Waals surface area contributed by atoms with Gasteiger partial charge in [0.2, 0.25) is 0 Å². The molecule has 0 saturated carbocycles. The molecule has 12 heavy (non-hydrogen) atoms. The molecule has 0 unspecified atom stereocenters. The lowest BCUT2D eigenvalue weighted by Crippen LogP contribution is -2.24. The van der Waals surface area contributed by atoms with E-state index in [0.717, 1.165) is 17.5 Å². The third-order valence-electron chi connectivity index (χ3n) is 2.29. The highest BCUT2D eigenvalue weighted by Gasteiger charge is 2.27. The summed E-state index contributed by atoms with van der Waals surface area (Å²) < 4.78 is 0. The molecule has 64 valence electrons. The van der Waals surface area contributed by atoms with Gasteiger partial charge in [-0.2, -0.15) is 0 Å². The molecule has 0 aliphatic heterocycles. The van der Waals surface area contributed by atoms with E-state index in [-0.39, 0.29) is 6.04 Å². The molecular formula is C9H10ClNO. The van der Waals surface area contributed by atoms with Crippen molar-refractivity contribution < 1.29 is 5.11 Å². The summed E-state index contributed by atoms with van der Waals surface area (Å²) in [6, 6.07) is 5.37. The van der Waals surface area contributed by atoms with Crippen LogP contribution in [0.4, 0.5) is 0 Å². The molecule has 1 aromatic carbocycles. The number of rotatable bonds is 0. The van der Waals surface area contributed by atoms with Crippen LogP contribution in [0.2, 0.25) is 5.02 Å². The van der Waals surface area contributed by atoms with Gasteiger partial charge in [0.1, 0.15) is 0 Å². The van der Waals surface area contributed by atoms with Crippen LogP contribution in [0.1, 0.15) is 17.2 Å². The van der Waals surface area contributed by atoms with Gasteiger partial charge in [-0.25, -0.2) is 0 Å². The number of halogens is 1. The Bertz CT molecular complexity index is 313. The predicted molar refractivity (Wildman–Crippen MR) is 48.1 cm³/mol. The van der Waals surface area contributed by atoms with Crippen LogP contribution in [0.3, 0.4) is 0 Å². The van der Waals surface area contributed by atoms with Crippen molar-refractivity contribution in [3.63, 3.8) is 0 Å². The molecular weight excluding hydrogens is 174 g/mol. The van der Waals surface area contributed by atoms with E-state index < -0.39 is 6.10 Å². The van der Waals surface area contributed by atoms with Crippen LogP contribution >= 0.6 is 11.6 Å². The van der Waals surface area contributed by atoms with Crippen molar-refractivity contribution in [2.24, 2.45) is 5.73 Å². The van der Waals surface area contributed by atoms with Crippen LogP contribution in [-0.4, -0.2) is 11.1 Å². The van der Waals surface area contributed by atoms with Crippen molar-refractivity contribution in [1.29, 1.82) is 0 Å². The second-order valence-electron chi connectivity index (χ2n) is 3.16. The van der Waals surface area contributed by atoms with Crippen molar-refractivity contribution >= 4 is 11.6 Å². The normalized spacial score (nSPS) is 27.2. The van der Waals surface area contributed by atoms with Gasteiger partial charge in [0.15, 0.2) is 0 Å². The fraction of sp³-hybridized carbons (Fsp3) is 0.333. The Morgan fingerprint density at radius 3 is 3.00 bits per heavy atom. The SMILES string of the molecule is N[C@H]1Cc2ccc(Cl)cc2[C@@H]1O. The number of aliphatic hydroxyl groups is 1. The lowest BCUT2D eigenvalue weighted by molar-refractivity contribution is 0.159. The van der Waals surface area contributed by atoms with Gasteiger partial charge in [0.25, 0.3) is 0 Å². The van der Waals surface area contributed by atoms with Crippen LogP contribution in [0.15, 0.2) is 18.2 Å². The maximum atomic E-state index is 9.59. The Kier molecular flexibility index (Phi) is 1.83. The lowest BCUT2D eigenvalue weighted by atomic mass is 10.1.